The zero-order chi connectivity index (χ0) is 12.6. The topological polar surface area (TPSA) is 96.6 Å². The zero-order valence-electron chi connectivity index (χ0n) is 9.12. The second kappa shape index (κ2) is 3.95. The first-order chi connectivity index (χ1) is 7.92. The van der Waals surface area contributed by atoms with Crippen LogP contribution in [-0.2, 0) is 4.79 Å². The second-order valence-electron chi connectivity index (χ2n) is 4.28. The van der Waals surface area contributed by atoms with E-state index in [9.17, 15) is 14.9 Å². The molecule has 17 heavy (non-hydrogen) atoms. The Morgan fingerprint density at radius 3 is 2.94 bits per heavy atom. The molecule has 1 unspecified atom stereocenters. The fourth-order valence-corrected chi connectivity index (χ4v) is 2.54. The lowest BCUT2D eigenvalue weighted by Gasteiger charge is -2.18. The van der Waals surface area contributed by atoms with Gasteiger partial charge in [-0.15, -0.1) is 0 Å². The SMILES string of the molecule is CC1(C(=O)O)CCN(c2ncc([N+](=O)[O-])s2)C1. The number of rotatable bonds is 3. The van der Waals surface area contributed by atoms with E-state index in [1.54, 1.807) is 11.8 Å². The summed E-state index contributed by atoms with van der Waals surface area (Å²) in [4.78, 5) is 26.8. The average Bonchev–Trinajstić information content (AvgIpc) is 2.84. The van der Waals surface area contributed by atoms with Gasteiger partial charge in [-0.3, -0.25) is 14.9 Å². The predicted molar refractivity (Wildman–Crippen MR) is 61.3 cm³/mol. The van der Waals surface area contributed by atoms with Gasteiger partial charge in [-0.05, 0) is 24.7 Å². The molecule has 92 valence electrons. The standard InChI is InChI=1S/C9H11N3O4S/c1-9(7(13)14)2-3-11(5-9)8-10-4-6(17-8)12(15)16/h4H,2-3,5H2,1H3,(H,13,14). The van der Waals surface area contributed by atoms with Crippen LogP contribution in [0.4, 0.5) is 10.1 Å². The highest BCUT2D eigenvalue weighted by Gasteiger charge is 2.41. The number of anilines is 1. The lowest BCUT2D eigenvalue weighted by Crippen LogP contribution is -2.31. The van der Waals surface area contributed by atoms with E-state index >= 15 is 0 Å². The molecule has 1 aliphatic heterocycles. The third-order valence-electron chi connectivity index (χ3n) is 2.92. The summed E-state index contributed by atoms with van der Waals surface area (Å²) in [5.41, 5.74) is -0.791. The molecule has 1 atom stereocenters. The smallest absolute Gasteiger partial charge is 0.345 e. The van der Waals surface area contributed by atoms with Gasteiger partial charge in [0.25, 0.3) is 0 Å². The maximum Gasteiger partial charge on any atom is 0.345 e. The molecule has 1 fully saturated rings. The molecule has 0 saturated carbocycles. The van der Waals surface area contributed by atoms with Crippen molar-refractivity contribution in [2.75, 3.05) is 18.0 Å². The van der Waals surface area contributed by atoms with E-state index in [-0.39, 0.29) is 5.00 Å². The number of aliphatic carboxylic acids is 1. The first-order valence-corrected chi connectivity index (χ1v) is 5.82. The fraction of sp³-hybridized carbons (Fsp3) is 0.556. The van der Waals surface area contributed by atoms with Gasteiger partial charge in [-0.25, -0.2) is 4.98 Å². The third-order valence-corrected chi connectivity index (χ3v) is 3.93. The lowest BCUT2D eigenvalue weighted by molar-refractivity contribution is -0.380. The normalized spacial score (nSPS) is 23.9. The number of carbonyl (C=O) groups is 1. The van der Waals surface area contributed by atoms with E-state index in [4.69, 9.17) is 5.11 Å². The first kappa shape index (κ1) is 11.8. The summed E-state index contributed by atoms with van der Waals surface area (Å²) in [7, 11) is 0. The van der Waals surface area contributed by atoms with Crippen LogP contribution >= 0.6 is 11.3 Å². The van der Waals surface area contributed by atoms with Crippen LogP contribution in [0.5, 0.6) is 0 Å². The molecule has 0 aliphatic carbocycles. The van der Waals surface area contributed by atoms with Gasteiger partial charge in [0.15, 0.2) is 5.13 Å². The Labute approximate surface area is 101 Å². The molecule has 0 bridgehead atoms. The Hall–Kier alpha value is -1.70. The molecule has 0 amide bonds. The quantitative estimate of drug-likeness (QED) is 0.648. The van der Waals surface area contributed by atoms with Crippen LogP contribution in [0.2, 0.25) is 0 Å². The number of nitrogens with zero attached hydrogens (tertiary/aromatic N) is 3. The highest BCUT2D eigenvalue weighted by molar-refractivity contribution is 7.18. The van der Waals surface area contributed by atoms with Crippen molar-refractivity contribution in [3.05, 3.63) is 16.3 Å². The van der Waals surface area contributed by atoms with Crippen molar-refractivity contribution in [2.24, 2.45) is 5.41 Å². The predicted octanol–water partition coefficient (Wildman–Crippen LogP) is 1.35. The number of hydrogen-bond donors (Lipinski definition) is 1. The van der Waals surface area contributed by atoms with Crippen molar-refractivity contribution in [1.29, 1.82) is 0 Å². The van der Waals surface area contributed by atoms with E-state index in [1.165, 1.54) is 6.20 Å². The van der Waals surface area contributed by atoms with Gasteiger partial charge in [0, 0.05) is 13.1 Å². The van der Waals surface area contributed by atoms with E-state index in [0.29, 0.717) is 24.6 Å². The summed E-state index contributed by atoms with van der Waals surface area (Å²) in [6.45, 7) is 2.58. The third kappa shape index (κ3) is 2.07. The van der Waals surface area contributed by atoms with Gasteiger partial charge < -0.3 is 10.0 Å². The van der Waals surface area contributed by atoms with Crippen molar-refractivity contribution in [1.82, 2.24) is 4.98 Å². The van der Waals surface area contributed by atoms with Crippen LogP contribution in [0, 0.1) is 15.5 Å². The minimum atomic E-state index is -0.842. The summed E-state index contributed by atoms with van der Waals surface area (Å²) < 4.78 is 0. The summed E-state index contributed by atoms with van der Waals surface area (Å²) in [5.74, 6) is -0.842. The molecule has 7 nitrogen and oxygen atoms in total. The Kier molecular flexibility index (Phi) is 2.74. The summed E-state index contributed by atoms with van der Waals surface area (Å²) >= 11 is 0.974. The molecular formula is C9H11N3O4S. The van der Waals surface area contributed by atoms with Crippen molar-refractivity contribution < 1.29 is 14.8 Å². The largest absolute Gasteiger partial charge is 0.481 e. The van der Waals surface area contributed by atoms with Gasteiger partial charge in [0.2, 0.25) is 0 Å². The van der Waals surface area contributed by atoms with Crippen LogP contribution in [0.1, 0.15) is 13.3 Å². The first-order valence-electron chi connectivity index (χ1n) is 5.01. The average molecular weight is 257 g/mol. The molecule has 1 aliphatic rings. The minimum absolute atomic E-state index is 0.0241. The number of carboxylic acid groups (broad SMARTS) is 1. The van der Waals surface area contributed by atoms with Crippen molar-refractivity contribution in [3.63, 3.8) is 0 Å². The Bertz CT molecular complexity index is 475. The molecular weight excluding hydrogens is 246 g/mol. The van der Waals surface area contributed by atoms with Gasteiger partial charge in [-0.1, -0.05) is 0 Å². The summed E-state index contributed by atoms with van der Waals surface area (Å²) in [6.07, 6.45) is 1.73. The van der Waals surface area contributed by atoms with Crippen molar-refractivity contribution in [2.45, 2.75) is 13.3 Å². The fourth-order valence-electron chi connectivity index (χ4n) is 1.79. The number of nitro groups is 1. The number of hydrogen-bond acceptors (Lipinski definition) is 6. The Morgan fingerprint density at radius 1 is 1.76 bits per heavy atom. The van der Waals surface area contributed by atoms with Crippen LogP contribution < -0.4 is 4.90 Å². The van der Waals surface area contributed by atoms with Gasteiger partial charge in [-0.2, -0.15) is 0 Å². The van der Waals surface area contributed by atoms with E-state index in [1.807, 2.05) is 0 Å². The molecule has 2 heterocycles. The molecule has 1 N–H and O–H groups in total. The van der Waals surface area contributed by atoms with Crippen LogP contribution in [0.15, 0.2) is 6.20 Å². The Balaban J connectivity index is 2.15. The van der Waals surface area contributed by atoms with Gasteiger partial charge >= 0.3 is 11.0 Å². The van der Waals surface area contributed by atoms with E-state index in [0.717, 1.165) is 11.3 Å². The van der Waals surface area contributed by atoms with Crippen LogP contribution in [0.3, 0.4) is 0 Å². The second-order valence-corrected chi connectivity index (χ2v) is 5.26. The molecule has 1 aromatic heterocycles. The highest BCUT2D eigenvalue weighted by atomic mass is 32.1. The van der Waals surface area contributed by atoms with E-state index < -0.39 is 16.3 Å². The summed E-state index contributed by atoms with van der Waals surface area (Å²) in [5, 5.41) is 20.1. The maximum absolute atomic E-state index is 11.1. The van der Waals surface area contributed by atoms with Crippen molar-refractivity contribution >= 4 is 27.4 Å². The van der Waals surface area contributed by atoms with Gasteiger partial charge in [0.1, 0.15) is 6.20 Å². The number of aromatic nitrogens is 1. The maximum atomic E-state index is 11.1. The zero-order valence-corrected chi connectivity index (χ0v) is 9.94. The molecule has 1 aromatic rings. The van der Waals surface area contributed by atoms with Gasteiger partial charge in [0.05, 0.1) is 10.3 Å². The van der Waals surface area contributed by atoms with Crippen LogP contribution in [0.25, 0.3) is 0 Å². The number of thiazole rings is 1. The molecule has 0 radical (unpaired) electrons. The highest BCUT2D eigenvalue weighted by Crippen LogP contribution is 2.36. The van der Waals surface area contributed by atoms with E-state index in [2.05, 4.69) is 4.98 Å². The molecule has 2 rings (SSSR count). The molecule has 0 spiro atoms. The molecule has 1 saturated heterocycles. The monoisotopic (exact) mass is 257 g/mol. The minimum Gasteiger partial charge on any atom is -0.481 e. The summed E-state index contributed by atoms with van der Waals surface area (Å²) in [6, 6.07) is 0. The molecule has 8 heteroatoms. The molecule has 0 aromatic carbocycles. The van der Waals surface area contributed by atoms with Crippen LogP contribution in [-0.4, -0.2) is 34.1 Å². The Morgan fingerprint density at radius 2 is 2.47 bits per heavy atom. The lowest BCUT2D eigenvalue weighted by atomic mass is 9.90. The van der Waals surface area contributed by atoms with Crippen molar-refractivity contribution in [3.8, 4) is 0 Å². The number of carboxylic acids is 1.